The predicted octanol–water partition coefficient (Wildman–Crippen LogP) is 3.86. The van der Waals surface area contributed by atoms with Gasteiger partial charge in [-0.2, -0.15) is 23.7 Å². The number of benzene rings is 1. The van der Waals surface area contributed by atoms with Gasteiger partial charge in [-0.15, -0.1) is 0 Å². The maximum atomic E-state index is 13.2. The van der Waals surface area contributed by atoms with E-state index in [1.165, 1.54) is 12.1 Å². The lowest BCUT2D eigenvalue weighted by atomic mass is 9.56. The molecule has 0 aromatic heterocycles. The number of nitrogens with two attached hydrogens (primary N) is 1. The summed E-state index contributed by atoms with van der Waals surface area (Å²) in [6.07, 6.45) is -1.18. The Balaban J connectivity index is 2.33. The van der Waals surface area contributed by atoms with E-state index in [-0.39, 0.29) is 11.1 Å². The third-order valence-electron chi connectivity index (χ3n) is 5.47. The smallest absolute Gasteiger partial charge is 0.416 e. The van der Waals surface area contributed by atoms with Crippen LogP contribution in [0.15, 0.2) is 47.2 Å². The van der Waals surface area contributed by atoms with Gasteiger partial charge in [0, 0.05) is 5.92 Å². The number of nitrogens with zero attached hydrogens (tertiary/aromatic N) is 2. The molecule has 28 heavy (non-hydrogen) atoms. The van der Waals surface area contributed by atoms with Crippen molar-refractivity contribution in [2.45, 2.75) is 31.4 Å². The summed E-state index contributed by atoms with van der Waals surface area (Å²) in [5, 5.41) is 29.3. The van der Waals surface area contributed by atoms with Crippen molar-refractivity contribution in [1.29, 1.82) is 10.5 Å². The molecule has 0 saturated heterocycles. The van der Waals surface area contributed by atoms with Gasteiger partial charge in [-0.1, -0.05) is 24.3 Å². The number of fused-ring (bicyclic) bond motifs is 1. The van der Waals surface area contributed by atoms with Crippen LogP contribution in [0.5, 0.6) is 0 Å². The van der Waals surface area contributed by atoms with Crippen molar-refractivity contribution in [2.24, 2.45) is 17.1 Å². The molecule has 8 heteroatoms. The third-order valence-corrected chi connectivity index (χ3v) is 5.47. The van der Waals surface area contributed by atoms with Crippen LogP contribution >= 0.6 is 0 Å². The van der Waals surface area contributed by atoms with Crippen molar-refractivity contribution < 1.29 is 23.1 Å². The Kier molecular flexibility index (Phi) is 4.68. The minimum Gasteiger partial charge on any atom is -0.478 e. The molecular formula is C20H16F3N3O2. The van der Waals surface area contributed by atoms with Gasteiger partial charge in [0.15, 0.2) is 5.41 Å². The number of carbonyl (C=O) groups is 1. The average Bonchev–Trinajstić information content (AvgIpc) is 2.66. The molecule has 0 saturated carbocycles. The van der Waals surface area contributed by atoms with Gasteiger partial charge in [0.1, 0.15) is 0 Å². The molecule has 0 unspecified atom stereocenters. The van der Waals surface area contributed by atoms with Gasteiger partial charge < -0.3 is 10.8 Å². The van der Waals surface area contributed by atoms with Crippen LogP contribution in [0, 0.1) is 34.0 Å². The van der Waals surface area contributed by atoms with Gasteiger partial charge in [0.25, 0.3) is 0 Å². The van der Waals surface area contributed by atoms with Crippen LogP contribution in [0.1, 0.15) is 36.3 Å². The SMILES string of the molecule is N#CC1(C#N)C(N)=C(C(=O)O)C2=CCCC[C@H]2[C@@H]1c1cccc(C(F)(F)F)c1. The highest BCUT2D eigenvalue weighted by atomic mass is 19.4. The largest absolute Gasteiger partial charge is 0.478 e. The molecule has 1 aromatic carbocycles. The van der Waals surface area contributed by atoms with E-state index in [0.717, 1.165) is 12.1 Å². The van der Waals surface area contributed by atoms with Gasteiger partial charge in [-0.25, -0.2) is 4.79 Å². The topological polar surface area (TPSA) is 111 Å². The highest BCUT2D eigenvalue weighted by Crippen LogP contribution is 2.56. The van der Waals surface area contributed by atoms with E-state index in [1.807, 2.05) is 12.1 Å². The lowest BCUT2D eigenvalue weighted by Crippen LogP contribution is -2.44. The fourth-order valence-corrected chi connectivity index (χ4v) is 4.27. The van der Waals surface area contributed by atoms with Crippen LogP contribution in [0.25, 0.3) is 0 Å². The van der Waals surface area contributed by atoms with Crippen LogP contribution in [0.2, 0.25) is 0 Å². The minimum absolute atomic E-state index is 0.142. The maximum Gasteiger partial charge on any atom is 0.416 e. The molecular weight excluding hydrogens is 371 g/mol. The lowest BCUT2D eigenvalue weighted by molar-refractivity contribution is -0.137. The Bertz CT molecular complexity index is 966. The fourth-order valence-electron chi connectivity index (χ4n) is 4.27. The summed E-state index contributed by atoms with van der Waals surface area (Å²) in [4.78, 5) is 11.8. The van der Waals surface area contributed by atoms with Crippen molar-refractivity contribution in [3.05, 3.63) is 58.3 Å². The standard InChI is InChI=1S/C20H16F3N3O2/c21-20(22,23)12-5-3-4-11(8-12)16-14-7-2-1-6-13(14)15(18(27)28)17(26)19(16,9-24)10-25/h3-6,8,14,16H,1-2,7,26H2,(H,27,28)/t14-,16+/m1/s1. The predicted molar refractivity (Wildman–Crippen MR) is 92.1 cm³/mol. The zero-order valence-corrected chi connectivity index (χ0v) is 14.6. The van der Waals surface area contributed by atoms with Crippen LogP contribution in [-0.4, -0.2) is 11.1 Å². The van der Waals surface area contributed by atoms with E-state index in [9.17, 15) is 33.6 Å². The number of aliphatic carboxylic acids is 1. The Morgan fingerprint density at radius 2 is 1.96 bits per heavy atom. The number of alkyl halides is 3. The number of carboxylic acids is 1. The number of rotatable bonds is 2. The fraction of sp³-hybridized carbons (Fsp3) is 0.350. The first-order valence-corrected chi connectivity index (χ1v) is 8.61. The first-order valence-electron chi connectivity index (χ1n) is 8.61. The van der Waals surface area contributed by atoms with Gasteiger partial charge in [-0.05, 0) is 42.4 Å². The normalized spacial score (nSPS) is 23.8. The second kappa shape index (κ2) is 6.72. The Morgan fingerprint density at radius 1 is 1.29 bits per heavy atom. The third kappa shape index (κ3) is 2.82. The first-order chi connectivity index (χ1) is 13.2. The summed E-state index contributed by atoms with van der Waals surface area (Å²) in [7, 11) is 0. The molecule has 2 aliphatic carbocycles. The average molecular weight is 387 g/mol. The Morgan fingerprint density at radius 3 is 2.54 bits per heavy atom. The molecule has 0 aliphatic heterocycles. The zero-order valence-electron chi connectivity index (χ0n) is 14.6. The molecule has 144 valence electrons. The number of hydrogen-bond acceptors (Lipinski definition) is 4. The zero-order chi connectivity index (χ0) is 20.7. The number of nitriles is 2. The second-order valence-electron chi connectivity index (χ2n) is 6.92. The number of allylic oxidation sites excluding steroid dienone is 2. The monoisotopic (exact) mass is 387 g/mol. The summed E-state index contributed by atoms with van der Waals surface area (Å²) in [6.45, 7) is 0. The molecule has 3 rings (SSSR count). The van der Waals surface area contributed by atoms with Gasteiger partial charge >= 0.3 is 12.1 Å². The summed E-state index contributed by atoms with van der Waals surface area (Å²) in [5.74, 6) is -2.94. The van der Waals surface area contributed by atoms with Crippen molar-refractivity contribution in [3.8, 4) is 12.1 Å². The highest BCUT2D eigenvalue weighted by molar-refractivity contribution is 5.94. The molecule has 5 nitrogen and oxygen atoms in total. The highest BCUT2D eigenvalue weighted by Gasteiger charge is 2.55. The molecule has 2 atom stereocenters. The second-order valence-corrected chi connectivity index (χ2v) is 6.92. The van der Waals surface area contributed by atoms with E-state index < -0.39 is 40.7 Å². The molecule has 0 heterocycles. The van der Waals surface area contributed by atoms with Crippen LogP contribution in [-0.2, 0) is 11.0 Å². The molecule has 0 spiro atoms. The van der Waals surface area contributed by atoms with Crippen molar-refractivity contribution in [3.63, 3.8) is 0 Å². The summed E-state index contributed by atoms with van der Waals surface area (Å²) < 4.78 is 39.6. The van der Waals surface area contributed by atoms with Crippen LogP contribution in [0.4, 0.5) is 13.2 Å². The number of hydrogen-bond donors (Lipinski definition) is 2. The number of carboxylic acid groups (broad SMARTS) is 1. The molecule has 0 fully saturated rings. The van der Waals surface area contributed by atoms with E-state index in [4.69, 9.17) is 5.73 Å². The van der Waals surface area contributed by atoms with Crippen molar-refractivity contribution in [2.75, 3.05) is 0 Å². The quantitative estimate of drug-likeness (QED) is 0.800. The Labute approximate surface area is 159 Å². The van der Waals surface area contributed by atoms with Gasteiger partial charge in [-0.3, -0.25) is 0 Å². The first kappa shape index (κ1) is 19.5. The van der Waals surface area contributed by atoms with Crippen molar-refractivity contribution >= 4 is 5.97 Å². The summed E-state index contributed by atoms with van der Waals surface area (Å²) >= 11 is 0. The summed E-state index contributed by atoms with van der Waals surface area (Å²) in [6, 6.07) is 8.12. The van der Waals surface area contributed by atoms with Crippen molar-refractivity contribution in [1.82, 2.24) is 0 Å². The molecule has 0 bridgehead atoms. The summed E-state index contributed by atoms with van der Waals surface area (Å²) in [5.41, 5.74) is 2.89. The van der Waals surface area contributed by atoms with Crippen LogP contribution in [0.3, 0.4) is 0 Å². The van der Waals surface area contributed by atoms with E-state index in [1.54, 1.807) is 6.08 Å². The molecule has 3 N–H and O–H groups in total. The lowest BCUT2D eigenvalue weighted by Gasteiger charge is -2.43. The van der Waals surface area contributed by atoms with Gasteiger partial charge in [0.2, 0.25) is 0 Å². The maximum absolute atomic E-state index is 13.2. The molecule has 0 radical (unpaired) electrons. The Hall–Kier alpha value is -3.26. The minimum atomic E-state index is -4.59. The van der Waals surface area contributed by atoms with E-state index in [0.29, 0.717) is 24.8 Å². The van der Waals surface area contributed by atoms with Crippen LogP contribution < -0.4 is 5.73 Å². The van der Waals surface area contributed by atoms with Gasteiger partial charge in [0.05, 0.1) is 29.0 Å². The molecule has 0 amide bonds. The van der Waals surface area contributed by atoms with E-state index >= 15 is 0 Å². The number of halogens is 3. The molecule has 2 aliphatic rings. The molecule has 1 aromatic rings. The van der Waals surface area contributed by atoms with E-state index in [2.05, 4.69) is 0 Å².